The zero-order valence-electron chi connectivity index (χ0n) is 19.7. The van der Waals surface area contributed by atoms with Crippen LogP contribution in [0.1, 0.15) is 45.3 Å². The average Bonchev–Trinajstić information content (AvgIpc) is 3.19. The molecule has 1 saturated heterocycles. The van der Waals surface area contributed by atoms with Gasteiger partial charge in [0.1, 0.15) is 11.3 Å². The van der Waals surface area contributed by atoms with E-state index in [0.717, 1.165) is 48.1 Å². The Morgan fingerprint density at radius 2 is 2.00 bits per heavy atom. The first-order valence-electron chi connectivity index (χ1n) is 11.2. The molecule has 2 fully saturated rings. The van der Waals surface area contributed by atoms with E-state index in [4.69, 9.17) is 14.5 Å². The van der Waals surface area contributed by atoms with E-state index in [2.05, 4.69) is 5.10 Å². The lowest BCUT2D eigenvalue weighted by Crippen LogP contribution is -2.64. The highest BCUT2D eigenvalue weighted by atomic mass is 16.6. The Morgan fingerprint density at radius 1 is 1.27 bits per heavy atom. The van der Waals surface area contributed by atoms with Gasteiger partial charge in [-0.25, -0.2) is 4.79 Å². The van der Waals surface area contributed by atoms with E-state index in [0.29, 0.717) is 19.1 Å². The van der Waals surface area contributed by atoms with Crippen molar-refractivity contribution in [1.82, 2.24) is 24.5 Å². The molecule has 1 amide bonds. The molecular weight excluding hydrogens is 421 g/mol. The maximum atomic E-state index is 12.3. The lowest BCUT2D eigenvalue weighted by molar-refractivity contribution is -0.0930. The van der Waals surface area contributed by atoms with E-state index in [1.54, 1.807) is 4.90 Å². The monoisotopic (exact) mass is 450 g/mol. The molecule has 1 aromatic carbocycles. The second kappa shape index (κ2) is 7.51. The van der Waals surface area contributed by atoms with Crippen LogP contribution in [0.25, 0.3) is 22.2 Å². The molecule has 0 unspecified atom stereocenters. The van der Waals surface area contributed by atoms with Gasteiger partial charge in [0, 0.05) is 36.5 Å². The number of likely N-dealkylation sites (tertiary alicyclic amines) is 1. The first kappa shape index (κ1) is 21.8. The van der Waals surface area contributed by atoms with E-state index in [9.17, 15) is 9.82 Å². The maximum absolute atomic E-state index is 12.3. The van der Waals surface area contributed by atoms with E-state index in [1.807, 2.05) is 68.5 Å². The quantitative estimate of drug-likeness (QED) is 0.614. The standard InChI is InChI=1S/C23H29BN5O4/c1-14-20(33-24-31)19(15-6-7-18-16(8-15)11-25-27(18)5)26-29(14)17-9-23(10-17)12-28(13-23)21(30)32-22(2,3)4/h6-8,11,17,31H,9-10,12-13H2,1-5H3. The van der Waals surface area contributed by atoms with Crippen LogP contribution in [0.4, 0.5) is 4.79 Å². The average molecular weight is 450 g/mol. The van der Waals surface area contributed by atoms with Gasteiger partial charge in [0.05, 0.1) is 23.4 Å². The van der Waals surface area contributed by atoms with Gasteiger partial charge < -0.3 is 19.3 Å². The van der Waals surface area contributed by atoms with Crippen molar-refractivity contribution in [2.45, 2.75) is 52.2 Å². The molecule has 2 aromatic heterocycles. The van der Waals surface area contributed by atoms with Crippen molar-refractivity contribution in [3.8, 4) is 17.0 Å². The summed E-state index contributed by atoms with van der Waals surface area (Å²) in [4.78, 5) is 14.1. The lowest BCUT2D eigenvalue weighted by Gasteiger charge is -2.58. The first-order chi connectivity index (χ1) is 15.6. The number of hydrogen-bond acceptors (Lipinski definition) is 6. The molecule has 5 rings (SSSR count). The molecule has 0 atom stereocenters. The second-order valence-corrected chi connectivity index (χ2v) is 10.4. The van der Waals surface area contributed by atoms with Crippen molar-refractivity contribution in [1.29, 1.82) is 0 Å². The molecule has 10 heteroatoms. The molecule has 1 aliphatic carbocycles. The van der Waals surface area contributed by atoms with Crippen molar-refractivity contribution in [2.24, 2.45) is 12.5 Å². The van der Waals surface area contributed by atoms with Crippen molar-refractivity contribution < 1.29 is 19.2 Å². The third kappa shape index (κ3) is 3.76. The summed E-state index contributed by atoms with van der Waals surface area (Å²) in [5.41, 5.74) is 3.15. The van der Waals surface area contributed by atoms with Crippen LogP contribution < -0.4 is 4.65 Å². The Hall–Kier alpha value is -3.01. The zero-order valence-corrected chi connectivity index (χ0v) is 19.7. The first-order valence-corrected chi connectivity index (χ1v) is 11.2. The zero-order chi connectivity index (χ0) is 23.5. The van der Waals surface area contributed by atoms with Crippen LogP contribution in [0.15, 0.2) is 24.4 Å². The summed E-state index contributed by atoms with van der Waals surface area (Å²) in [6.07, 6.45) is 3.47. The number of ether oxygens (including phenoxy) is 1. The Bertz CT molecular complexity index is 1210. The Labute approximate surface area is 193 Å². The summed E-state index contributed by atoms with van der Waals surface area (Å²) in [6.45, 7) is 9.04. The summed E-state index contributed by atoms with van der Waals surface area (Å²) in [6, 6.07) is 6.26. The molecule has 1 radical (unpaired) electrons. The van der Waals surface area contributed by atoms with Crippen LogP contribution in [-0.4, -0.2) is 62.0 Å². The summed E-state index contributed by atoms with van der Waals surface area (Å²) < 4.78 is 14.8. The van der Waals surface area contributed by atoms with Gasteiger partial charge in [-0.05, 0) is 52.7 Å². The van der Waals surface area contributed by atoms with Crippen LogP contribution in [0, 0.1) is 12.3 Å². The molecule has 3 heterocycles. The van der Waals surface area contributed by atoms with Crippen molar-refractivity contribution in [3.05, 3.63) is 30.1 Å². The molecule has 1 N–H and O–H groups in total. The largest absolute Gasteiger partial charge is 0.569 e. The van der Waals surface area contributed by atoms with E-state index in [-0.39, 0.29) is 17.6 Å². The molecule has 33 heavy (non-hydrogen) atoms. The number of nitrogens with zero attached hydrogens (tertiary/aromatic N) is 5. The molecule has 1 aliphatic heterocycles. The normalized spacial score (nSPS) is 17.7. The second-order valence-electron chi connectivity index (χ2n) is 10.4. The van der Waals surface area contributed by atoms with Gasteiger partial charge in [-0.3, -0.25) is 9.36 Å². The number of benzene rings is 1. The number of aromatic nitrogens is 4. The summed E-state index contributed by atoms with van der Waals surface area (Å²) in [5.74, 6) is 0.547. The fourth-order valence-electron chi connectivity index (χ4n) is 5.14. The van der Waals surface area contributed by atoms with Crippen molar-refractivity contribution in [3.63, 3.8) is 0 Å². The van der Waals surface area contributed by atoms with Crippen LogP contribution >= 0.6 is 0 Å². The minimum absolute atomic E-state index is 0.138. The number of rotatable bonds is 4. The summed E-state index contributed by atoms with van der Waals surface area (Å²) >= 11 is 0. The van der Waals surface area contributed by atoms with Crippen LogP contribution in [0.5, 0.6) is 5.75 Å². The molecule has 9 nitrogen and oxygen atoms in total. The van der Waals surface area contributed by atoms with Crippen LogP contribution in [0.3, 0.4) is 0 Å². The number of fused-ring (bicyclic) bond motifs is 1. The van der Waals surface area contributed by atoms with E-state index < -0.39 is 5.60 Å². The highest BCUT2D eigenvalue weighted by molar-refractivity contribution is 6.17. The molecule has 0 bridgehead atoms. The molecule has 3 aromatic rings. The summed E-state index contributed by atoms with van der Waals surface area (Å²) in [7, 11) is 2.61. The van der Waals surface area contributed by atoms with Gasteiger partial charge in [-0.1, -0.05) is 6.07 Å². The number of hydrogen-bond donors (Lipinski definition) is 1. The number of carbonyl (C=O) groups excluding carboxylic acids is 1. The Kier molecular flexibility index (Phi) is 4.97. The molecule has 173 valence electrons. The van der Waals surface area contributed by atoms with Gasteiger partial charge >= 0.3 is 13.8 Å². The fourth-order valence-corrected chi connectivity index (χ4v) is 5.14. The number of carbonyl (C=O) groups is 1. The van der Waals surface area contributed by atoms with Crippen molar-refractivity contribution in [2.75, 3.05) is 13.1 Å². The highest BCUT2D eigenvalue weighted by Gasteiger charge is 2.55. The van der Waals surface area contributed by atoms with Gasteiger partial charge in [0.15, 0.2) is 5.75 Å². The summed E-state index contributed by atoms with van der Waals surface area (Å²) in [5, 5.41) is 19.6. The molecule has 2 aliphatic rings. The maximum Gasteiger partial charge on any atom is 0.569 e. The SMILES string of the molecule is Cc1c(O[B]O)c(-c2ccc3c(cnn3C)c2)nn1C1CC2(C1)CN(C(=O)OC(C)(C)C)C2. The predicted molar refractivity (Wildman–Crippen MR) is 124 cm³/mol. The lowest BCUT2D eigenvalue weighted by atomic mass is 9.61. The minimum Gasteiger partial charge on any atom is -0.535 e. The van der Waals surface area contributed by atoms with E-state index in [1.165, 1.54) is 0 Å². The highest BCUT2D eigenvalue weighted by Crippen LogP contribution is 2.55. The Balaban J connectivity index is 1.34. The molecular formula is C23H29BN5O4. The molecule has 1 spiro atoms. The van der Waals surface area contributed by atoms with Gasteiger partial charge in [-0.2, -0.15) is 10.2 Å². The number of amides is 1. The third-order valence-electron chi connectivity index (χ3n) is 6.67. The van der Waals surface area contributed by atoms with E-state index >= 15 is 0 Å². The number of aryl methyl sites for hydroxylation is 1. The van der Waals surface area contributed by atoms with Crippen LogP contribution in [0.2, 0.25) is 0 Å². The Morgan fingerprint density at radius 3 is 2.67 bits per heavy atom. The smallest absolute Gasteiger partial charge is 0.535 e. The minimum atomic E-state index is -0.483. The fraction of sp³-hybridized carbons (Fsp3) is 0.522. The predicted octanol–water partition coefficient (Wildman–Crippen LogP) is 3.22. The van der Waals surface area contributed by atoms with Crippen LogP contribution in [-0.2, 0) is 11.8 Å². The van der Waals surface area contributed by atoms with Gasteiger partial charge in [0.2, 0.25) is 0 Å². The third-order valence-corrected chi connectivity index (χ3v) is 6.67. The van der Waals surface area contributed by atoms with Crippen molar-refractivity contribution >= 4 is 24.7 Å². The topological polar surface area (TPSA) is 94.6 Å². The van der Waals surface area contributed by atoms with Gasteiger partial charge in [0.25, 0.3) is 0 Å². The van der Waals surface area contributed by atoms with Gasteiger partial charge in [-0.15, -0.1) is 0 Å². The molecule has 1 saturated carbocycles.